The molecule has 0 aliphatic heterocycles. The van der Waals surface area contributed by atoms with Crippen molar-refractivity contribution in [2.75, 3.05) is 31.5 Å². The van der Waals surface area contributed by atoms with E-state index in [0.717, 1.165) is 14.2 Å². The van der Waals surface area contributed by atoms with E-state index in [-0.39, 0.29) is 18.4 Å². The summed E-state index contributed by atoms with van der Waals surface area (Å²) in [6, 6.07) is 9.55. The van der Waals surface area contributed by atoms with Crippen LogP contribution in [0.5, 0.6) is 0 Å². The second-order valence-corrected chi connectivity index (χ2v) is 12.8. The highest BCUT2D eigenvalue weighted by Crippen LogP contribution is 2.29. The van der Waals surface area contributed by atoms with Crippen LogP contribution in [0.15, 0.2) is 36.4 Å². The molecular weight excluding hydrogens is 547 g/mol. The Bertz CT molecular complexity index is 1230. The molecule has 1 atom stereocenters. The smallest absolute Gasteiger partial charge is 0.304 e. The van der Waals surface area contributed by atoms with Crippen LogP contribution in [-0.4, -0.2) is 62.7 Å². The molecule has 0 unspecified atom stereocenters. The van der Waals surface area contributed by atoms with E-state index >= 15 is 0 Å². The zero-order chi connectivity index (χ0) is 28.8. The van der Waals surface area contributed by atoms with Crippen molar-refractivity contribution >= 4 is 50.9 Å². The van der Waals surface area contributed by atoms with Gasteiger partial charge in [-0.05, 0) is 55.5 Å². The number of hydrogen-bond acceptors (Lipinski definition) is 4. The minimum atomic E-state index is -4.06. The van der Waals surface area contributed by atoms with Crippen LogP contribution in [0.3, 0.4) is 0 Å². The predicted molar refractivity (Wildman–Crippen MR) is 155 cm³/mol. The van der Waals surface area contributed by atoms with Gasteiger partial charge < -0.3 is 10.2 Å². The molecule has 0 fully saturated rings. The monoisotopic (exact) mass is 584 g/mol. The summed E-state index contributed by atoms with van der Waals surface area (Å²) in [5.41, 5.74) is 2.40. The molecule has 38 heavy (non-hydrogen) atoms. The minimum absolute atomic E-state index is 0.0619. The molecule has 0 aliphatic rings. The van der Waals surface area contributed by atoms with Gasteiger partial charge in [0.2, 0.25) is 11.8 Å². The van der Waals surface area contributed by atoms with Gasteiger partial charge in [-0.3, -0.25) is 9.59 Å². The quantitative estimate of drug-likeness (QED) is 0.388. The number of amides is 2. The van der Waals surface area contributed by atoms with Crippen LogP contribution in [0.25, 0.3) is 0 Å². The standard InChI is InChI=1S/C27H38Cl2N4O4S/c1-8-24(27(35)30-15-18(2)3)32(16-21-22(28)10-9-11-23(21)29)26(34)17-33(38(36,37)31(6)7)25-14-19(4)12-13-20(25)5/h9-14,18,24H,8,15-17H2,1-7H3,(H,30,35)/t24-/m0/s1. The number of hydrogen-bond donors (Lipinski definition) is 1. The van der Waals surface area contributed by atoms with Gasteiger partial charge in [0.15, 0.2) is 0 Å². The van der Waals surface area contributed by atoms with E-state index in [4.69, 9.17) is 23.2 Å². The summed E-state index contributed by atoms with van der Waals surface area (Å²) in [6.07, 6.45) is 0.307. The van der Waals surface area contributed by atoms with Crippen LogP contribution in [0.4, 0.5) is 5.69 Å². The molecular formula is C27H38Cl2N4O4S. The molecule has 0 saturated heterocycles. The lowest BCUT2D eigenvalue weighted by Gasteiger charge is -2.34. The van der Waals surface area contributed by atoms with E-state index in [9.17, 15) is 18.0 Å². The van der Waals surface area contributed by atoms with Crippen molar-refractivity contribution in [3.05, 3.63) is 63.1 Å². The molecule has 1 N–H and O–H groups in total. The van der Waals surface area contributed by atoms with E-state index in [1.807, 2.05) is 32.9 Å². The molecule has 0 bridgehead atoms. The van der Waals surface area contributed by atoms with Crippen LogP contribution in [-0.2, 0) is 26.3 Å². The van der Waals surface area contributed by atoms with Crippen LogP contribution in [0.2, 0.25) is 10.0 Å². The van der Waals surface area contributed by atoms with Crippen LogP contribution < -0.4 is 9.62 Å². The lowest BCUT2D eigenvalue weighted by atomic mass is 10.1. The third kappa shape index (κ3) is 7.85. The highest BCUT2D eigenvalue weighted by Gasteiger charge is 2.34. The Morgan fingerprint density at radius 3 is 2.16 bits per heavy atom. The zero-order valence-corrected chi connectivity index (χ0v) is 25.4. The first-order valence-electron chi connectivity index (χ1n) is 12.5. The average Bonchev–Trinajstić information content (AvgIpc) is 2.84. The van der Waals surface area contributed by atoms with Crippen LogP contribution >= 0.6 is 23.2 Å². The van der Waals surface area contributed by atoms with Crippen molar-refractivity contribution < 1.29 is 18.0 Å². The van der Waals surface area contributed by atoms with E-state index < -0.39 is 28.7 Å². The van der Waals surface area contributed by atoms with Crippen LogP contribution in [0, 0.1) is 19.8 Å². The number of carbonyl (C=O) groups excluding carboxylic acids is 2. The summed E-state index contributed by atoms with van der Waals surface area (Å²) in [5.74, 6) is -0.672. The summed E-state index contributed by atoms with van der Waals surface area (Å²) < 4.78 is 29.0. The largest absolute Gasteiger partial charge is 0.354 e. The van der Waals surface area contributed by atoms with E-state index in [1.54, 1.807) is 38.1 Å². The molecule has 2 aromatic carbocycles. The second-order valence-electron chi connectivity index (χ2n) is 9.87. The summed E-state index contributed by atoms with van der Waals surface area (Å²) >= 11 is 12.9. The van der Waals surface area contributed by atoms with Gasteiger partial charge in [0, 0.05) is 42.8 Å². The van der Waals surface area contributed by atoms with Gasteiger partial charge in [0.05, 0.1) is 5.69 Å². The van der Waals surface area contributed by atoms with Gasteiger partial charge in [-0.2, -0.15) is 12.7 Å². The molecule has 2 aromatic rings. The van der Waals surface area contributed by atoms with Crippen molar-refractivity contribution in [1.29, 1.82) is 0 Å². The second kappa shape index (κ2) is 13.6. The lowest BCUT2D eigenvalue weighted by Crippen LogP contribution is -2.53. The average molecular weight is 586 g/mol. The summed E-state index contributed by atoms with van der Waals surface area (Å²) in [6.45, 7) is 9.25. The van der Waals surface area contributed by atoms with Gasteiger partial charge in [0.25, 0.3) is 0 Å². The lowest BCUT2D eigenvalue weighted by molar-refractivity contribution is -0.140. The number of benzene rings is 2. The molecule has 2 amide bonds. The van der Waals surface area contributed by atoms with E-state index in [1.165, 1.54) is 19.0 Å². The zero-order valence-electron chi connectivity index (χ0n) is 23.1. The van der Waals surface area contributed by atoms with Gasteiger partial charge in [-0.1, -0.05) is 62.2 Å². The molecule has 210 valence electrons. The normalized spacial score (nSPS) is 12.5. The number of nitrogens with one attached hydrogen (secondary N) is 1. The van der Waals surface area contributed by atoms with E-state index in [2.05, 4.69) is 5.32 Å². The molecule has 2 rings (SSSR count). The summed E-state index contributed by atoms with van der Waals surface area (Å²) in [4.78, 5) is 28.6. The first-order valence-corrected chi connectivity index (χ1v) is 14.6. The highest BCUT2D eigenvalue weighted by molar-refractivity contribution is 7.90. The minimum Gasteiger partial charge on any atom is -0.354 e. The topological polar surface area (TPSA) is 90.0 Å². The van der Waals surface area contributed by atoms with Gasteiger partial charge in [-0.15, -0.1) is 0 Å². The Labute approximate surface area is 237 Å². The highest BCUT2D eigenvalue weighted by atomic mass is 35.5. The van der Waals surface area contributed by atoms with E-state index in [0.29, 0.717) is 39.8 Å². The summed E-state index contributed by atoms with van der Waals surface area (Å²) in [5, 5.41) is 3.59. The van der Waals surface area contributed by atoms with Crippen molar-refractivity contribution in [2.24, 2.45) is 5.92 Å². The predicted octanol–water partition coefficient (Wildman–Crippen LogP) is 4.80. The van der Waals surface area contributed by atoms with Gasteiger partial charge >= 0.3 is 10.2 Å². The molecule has 0 aliphatic carbocycles. The Balaban J connectivity index is 2.60. The molecule has 8 nitrogen and oxygen atoms in total. The molecule has 11 heteroatoms. The summed E-state index contributed by atoms with van der Waals surface area (Å²) in [7, 11) is -1.24. The number of nitrogens with zero attached hydrogens (tertiary/aromatic N) is 3. The number of anilines is 1. The first-order chi connectivity index (χ1) is 17.7. The fourth-order valence-electron chi connectivity index (χ4n) is 3.89. The van der Waals surface area contributed by atoms with Crippen molar-refractivity contribution in [2.45, 2.75) is 53.6 Å². The third-order valence-electron chi connectivity index (χ3n) is 6.11. The number of aryl methyl sites for hydroxylation is 2. The Morgan fingerprint density at radius 2 is 1.63 bits per heavy atom. The fraction of sp³-hybridized carbons (Fsp3) is 0.481. The van der Waals surface area contributed by atoms with Gasteiger partial charge in [0.1, 0.15) is 12.6 Å². The molecule has 0 spiro atoms. The Hall–Kier alpha value is -2.33. The molecule has 0 heterocycles. The maximum Gasteiger partial charge on any atom is 0.304 e. The molecule has 0 saturated carbocycles. The Kier molecular flexibility index (Phi) is 11.4. The fourth-order valence-corrected chi connectivity index (χ4v) is 5.52. The number of halogens is 2. The molecule has 0 radical (unpaired) electrons. The van der Waals surface area contributed by atoms with Gasteiger partial charge in [-0.25, -0.2) is 4.31 Å². The van der Waals surface area contributed by atoms with Crippen LogP contribution in [0.1, 0.15) is 43.9 Å². The number of rotatable bonds is 12. The maximum atomic E-state index is 14.0. The first kappa shape index (κ1) is 31.9. The maximum absolute atomic E-state index is 14.0. The molecule has 0 aromatic heterocycles. The Morgan fingerprint density at radius 1 is 1.03 bits per heavy atom. The SMILES string of the molecule is CC[C@@H](C(=O)NCC(C)C)N(Cc1c(Cl)cccc1Cl)C(=O)CN(c1cc(C)ccc1C)S(=O)(=O)N(C)C. The number of carbonyl (C=O) groups is 2. The van der Waals surface area contributed by atoms with Crippen molar-refractivity contribution in [1.82, 2.24) is 14.5 Å². The van der Waals surface area contributed by atoms with Crippen molar-refractivity contribution in [3.63, 3.8) is 0 Å². The third-order valence-corrected chi connectivity index (χ3v) is 8.63. The van der Waals surface area contributed by atoms with Crippen molar-refractivity contribution in [3.8, 4) is 0 Å².